The molecule has 0 bridgehead atoms. The zero-order valence-electron chi connectivity index (χ0n) is 15.5. The number of hydrogen-bond acceptors (Lipinski definition) is 1. The van der Waals surface area contributed by atoms with E-state index in [1.807, 2.05) is 0 Å². The Morgan fingerprint density at radius 3 is 1.52 bits per heavy atom. The molecule has 0 amide bonds. The molecule has 134 valence electrons. The minimum Gasteiger partial charge on any atom is -0.317 e. The van der Waals surface area contributed by atoms with Crippen LogP contribution in [-0.4, -0.2) is 13.1 Å². The molecule has 23 heavy (non-hydrogen) atoms. The van der Waals surface area contributed by atoms with Crippen molar-refractivity contribution in [2.45, 2.75) is 103 Å². The molecular formula is C22H41N. The fourth-order valence-electron chi connectivity index (χ4n) is 6.09. The summed E-state index contributed by atoms with van der Waals surface area (Å²) >= 11 is 0. The van der Waals surface area contributed by atoms with E-state index >= 15 is 0 Å². The third kappa shape index (κ3) is 5.48. The lowest BCUT2D eigenvalue weighted by Crippen LogP contribution is -2.30. The van der Waals surface area contributed by atoms with Gasteiger partial charge in [0.2, 0.25) is 0 Å². The van der Waals surface area contributed by atoms with E-state index in [0.717, 1.165) is 23.7 Å². The van der Waals surface area contributed by atoms with Crippen molar-refractivity contribution >= 4 is 0 Å². The van der Waals surface area contributed by atoms with Crippen LogP contribution >= 0.6 is 0 Å². The van der Waals surface area contributed by atoms with Crippen molar-refractivity contribution in [2.24, 2.45) is 23.7 Å². The molecule has 0 radical (unpaired) electrons. The lowest BCUT2D eigenvalue weighted by atomic mass is 9.68. The molecule has 1 heteroatoms. The van der Waals surface area contributed by atoms with Crippen molar-refractivity contribution in [1.82, 2.24) is 5.32 Å². The van der Waals surface area contributed by atoms with Gasteiger partial charge in [-0.15, -0.1) is 0 Å². The van der Waals surface area contributed by atoms with Crippen LogP contribution in [0.3, 0.4) is 0 Å². The van der Waals surface area contributed by atoms with Gasteiger partial charge in [0.1, 0.15) is 0 Å². The summed E-state index contributed by atoms with van der Waals surface area (Å²) in [5.74, 6) is 4.27. The highest BCUT2D eigenvalue weighted by molar-refractivity contribution is 4.85. The van der Waals surface area contributed by atoms with Crippen LogP contribution in [0, 0.1) is 23.7 Å². The molecule has 3 fully saturated rings. The van der Waals surface area contributed by atoms with E-state index < -0.39 is 0 Å². The van der Waals surface area contributed by atoms with Gasteiger partial charge in [0.15, 0.2) is 0 Å². The molecule has 1 heterocycles. The second kappa shape index (κ2) is 10.1. The lowest BCUT2D eigenvalue weighted by Gasteiger charge is -2.37. The van der Waals surface area contributed by atoms with Gasteiger partial charge < -0.3 is 5.32 Å². The summed E-state index contributed by atoms with van der Waals surface area (Å²) in [5, 5.41) is 3.72. The molecule has 1 saturated heterocycles. The van der Waals surface area contributed by atoms with E-state index in [1.165, 1.54) is 90.1 Å². The number of hydrogen-bond donors (Lipinski definition) is 1. The lowest BCUT2D eigenvalue weighted by molar-refractivity contribution is 0.124. The van der Waals surface area contributed by atoms with Crippen molar-refractivity contribution in [1.29, 1.82) is 0 Å². The molecule has 0 aromatic heterocycles. The van der Waals surface area contributed by atoms with Crippen LogP contribution in [-0.2, 0) is 0 Å². The third-order valence-electron chi connectivity index (χ3n) is 7.36. The van der Waals surface area contributed by atoms with Gasteiger partial charge >= 0.3 is 0 Å². The highest BCUT2D eigenvalue weighted by Gasteiger charge is 2.35. The molecule has 3 rings (SSSR count). The van der Waals surface area contributed by atoms with Crippen molar-refractivity contribution in [3.8, 4) is 0 Å². The molecule has 2 saturated carbocycles. The summed E-state index contributed by atoms with van der Waals surface area (Å²) in [7, 11) is 0. The topological polar surface area (TPSA) is 12.0 Å². The van der Waals surface area contributed by atoms with Crippen molar-refractivity contribution < 1.29 is 0 Å². The van der Waals surface area contributed by atoms with E-state index in [2.05, 4.69) is 5.32 Å². The van der Waals surface area contributed by atoms with Gasteiger partial charge in [-0.1, -0.05) is 77.0 Å². The first-order valence-corrected chi connectivity index (χ1v) is 11.2. The second-order valence-corrected chi connectivity index (χ2v) is 8.87. The smallest absolute Gasteiger partial charge is 0.00462 e. The van der Waals surface area contributed by atoms with Gasteiger partial charge in [-0.05, 0) is 62.4 Å². The molecule has 0 aromatic rings. The van der Waals surface area contributed by atoms with Crippen LogP contribution in [0.1, 0.15) is 103 Å². The Labute approximate surface area is 145 Å². The van der Waals surface area contributed by atoms with Crippen LogP contribution in [0.4, 0.5) is 0 Å². The second-order valence-electron chi connectivity index (χ2n) is 8.87. The molecule has 3 atom stereocenters. The average molecular weight is 320 g/mol. The van der Waals surface area contributed by atoms with Gasteiger partial charge in [-0.2, -0.15) is 0 Å². The largest absolute Gasteiger partial charge is 0.317 e. The zero-order valence-corrected chi connectivity index (χ0v) is 15.5. The van der Waals surface area contributed by atoms with E-state index in [9.17, 15) is 0 Å². The highest BCUT2D eigenvalue weighted by atomic mass is 14.8. The highest BCUT2D eigenvalue weighted by Crippen LogP contribution is 2.45. The zero-order chi connectivity index (χ0) is 15.7. The third-order valence-corrected chi connectivity index (χ3v) is 7.36. The van der Waals surface area contributed by atoms with Crippen LogP contribution in [0.15, 0.2) is 0 Å². The van der Waals surface area contributed by atoms with Gasteiger partial charge in [0.25, 0.3) is 0 Å². The van der Waals surface area contributed by atoms with Crippen molar-refractivity contribution in [3.05, 3.63) is 0 Å². The molecule has 1 N–H and O–H groups in total. The maximum Gasteiger partial charge on any atom is -0.00462 e. The minimum absolute atomic E-state index is 1.03. The summed E-state index contributed by atoms with van der Waals surface area (Å²) in [4.78, 5) is 0. The first-order chi connectivity index (χ1) is 11.4. The van der Waals surface area contributed by atoms with Crippen LogP contribution < -0.4 is 5.32 Å². The monoisotopic (exact) mass is 319 g/mol. The van der Waals surface area contributed by atoms with Crippen molar-refractivity contribution in [3.63, 3.8) is 0 Å². The summed E-state index contributed by atoms with van der Waals surface area (Å²) in [6, 6.07) is 0. The van der Waals surface area contributed by atoms with E-state index in [0.29, 0.717) is 0 Å². The molecule has 3 aliphatic rings. The Balaban J connectivity index is 1.68. The molecular weight excluding hydrogens is 278 g/mol. The van der Waals surface area contributed by atoms with Gasteiger partial charge in [-0.25, -0.2) is 0 Å². The fourth-order valence-corrected chi connectivity index (χ4v) is 6.09. The summed E-state index contributed by atoms with van der Waals surface area (Å²) in [5.41, 5.74) is 0. The Morgan fingerprint density at radius 1 is 0.391 bits per heavy atom. The molecule has 3 unspecified atom stereocenters. The summed E-state index contributed by atoms with van der Waals surface area (Å²) < 4.78 is 0. The van der Waals surface area contributed by atoms with Gasteiger partial charge in [-0.3, -0.25) is 0 Å². The van der Waals surface area contributed by atoms with E-state index in [-0.39, 0.29) is 0 Å². The Kier molecular flexibility index (Phi) is 7.78. The SMILES string of the molecule is C1CCCC(C2CCCCCC2C2CCCCCNCC2)CC1. The average Bonchev–Trinajstić information content (AvgIpc) is 2.91. The van der Waals surface area contributed by atoms with Gasteiger partial charge in [0.05, 0.1) is 0 Å². The first kappa shape index (κ1) is 17.8. The van der Waals surface area contributed by atoms with Crippen LogP contribution in [0.25, 0.3) is 0 Å². The quantitative estimate of drug-likeness (QED) is 0.587. The Bertz CT molecular complexity index is 295. The predicted molar refractivity (Wildman–Crippen MR) is 101 cm³/mol. The van der Waals surface area contributed by atoms with E-state index in [1.54, 1.807) is 25.7 Å². The van der Waals surface area contributed by atoms with Crippen molar-refractivity contribution in [2.75, 3.05) is 13.1 Å². The standard InChI is InChI=1S/C22H41N/c1-2-6-12-19(11-5-1)21-14-8-3-9-15-22(21)20-13-7-4-10-17-23-18-16-20/h19-23H,1-18H2. The molecule has 0 spiro atoms. The van der Waals surface area contributed by atoms with E-state index in [4.69, 9.17) is 0 Å². The van der Waals surface area contributed by atoms with Crippen LogP contribution in [0.2, 0.25) is 0 Å². The minimum atomic E-state index is 1.03. The molecule has 1 nitrogen and oxygen atoms in total. The normalized spacial score (nSPS) is 36.3. The Morgan fingerprint density at radius 2 is 0.870 bits per heavy atom. The maximum atomic E-state index is 3.72. The summed E-state index contributed by atoms with van der Waals surface area (Å²) in [6.07, 6.45) is 24.3. The molecule has 0 aromatic carbocycles. The number of rotatable bonds is 2. The maximum absolute atomic E-state index is 3.72. The number of nitrogens with one attached hydrogen (secondary N) is 1. The molecule has 1 aliphatic heterocycles. The fraction of sp³-hybridized carbons (Fsp3) is 1.00. The molecule has 2 aliphatic carbocycles. The Hall–Kier alpha value is -0.0400. The predicted octanol–water partition coefficient (Wildman–Crippen LogP) is 6.32. The van der Waals surface area contributed by atoms with Crippen LogP contribution in [0.5, 0.6) is 0 Å². The summed E-state index contributed by atoms with van der Waals surface area (Å²) in [6.45, 7) is 2.56. The van der Waals surface area contributed by atoms with Gasteiger partial charge in [0, 0.05) is 0 Å². The first-order valence-electron chi connectivity index (χ1n) is 11.2.